The van der Waals surface area contributed by atoms with Gasteiger partial charge in [0.2, 0.25) is 0 Å². The first-order valence-electron chi connectivity index (χ1n) is 6.21. The molecule has 2 unspecified atom stereocenters. The maximum absolute atomic E-state index is 5.68. The highest BCUT2D eigenvalue weighted by molar-refractivity contribution is 4.92. The molecule has 2 nitrogen and oxygen atoms in total. The Hall–Kier alpha value is -0.0800. The molecule has 4 rings (SSSR count). The Labute approximate surface area is 86.6 Å². The number of hydrogen-bond acceptors (Lipinski definition) is 2. The molecule has 1 saturated carbocycles. The molecule has 0 amide bonds. The van der Waals surface area contributed by atoms with Crippen LogP contribution in [-0.4, -0.2) is 36.2 Å². The normalized spacial score (nSPS) is 48.6. The maximum Gasteiger partial charge on any atom is 0.0731 e. The van der Waals surface area contributed by atoms with E-state index in [1.807, 2.05) is 0 Å². The highest BCUT2D eigenvalue weighted by atomic mass is 16.5. The highest BCUT2D eigenvalue weighted by Crippen LogP contribution is 2.34. The number of morpholine rings is 1. The third kappa shape index (κ3) is 1.59. The lowest BCUT2D eigenvalue weighted by atomic mass is 9.85. The van der Waals surface area contributed by atoms with Crippen LogP contribution in [0.25, 0.3) is 0 Å². The van der Waals surface area contributed by atoms with Crippen molar-refractivity contribution in [2.24, 2.45) is 5.92 Å². The van der Waals surface area contributed by atoms with Gasteiger partial charge in [0.25, 0.3) is 0 Å². The summed E-state index contributed by atoms with van der Waals surface area (Å²) < 4.78 is 5.68. The Morgan fingerprint density at radius 3 is 2.14 bits per heavy atom. The molecule has 0 aromatic heterocycles. The molecule has 3 saturated heterocycles. The number of nitrogens with zero attached hydrogens (tertiary/aromatic N) is 1. The second kappa shape index (κ2) is 3.49. The first-order valence-corrected chi connectivity index (χ1v) is 6.21. The Balaban J connectivity index is 1.55. The monoisotopic (exact) mass is 195 g/mol. The van der Waals surface area contributed by atoms with Crippen LogP contribution < -0.4 is 0 Å². The average molecular weight is 195 g/mol. The van der Waals surface area contributed by atoms with Crippen LogP contribution in [0.15, 0.2) is 0 Å². The first-order chi connectivity index (χ1) is 6.81. The van der Waals surface area contributed by atoms with Crippen molar-refractivity contribution in [3.8, 4) is 0 Å². The van der Waals surface area contributed by atoms with Gasteiger partial charge < -0.3 is 4.74 Å². The van der Waals surface area contributed by atoms with Crippen LogP contribution in [0.3, 0.4) is 0 Å². The van der Waals surface area contributed by atoms with Crippen LogP contribution >= 0.6 is 0 Å². The third-order valence-corrected chi connectivity index (χ3v) is 4.29. The topological polar surface area (TPSA) is 12.5 Å². The van der Waals surface area contributed by atoms with Gasteiger partial charge in [-0.2, -0.15) is 0 Å². The summed E-state index contributed by atoms with van der Waals surface area (Å²) in [5.41, 5.74) is 0. The van der Waals surface area contributed by atoms with E-state index in [-0.39, 0.29) is 0 Å². The van der Waals surface area contributed by atoms with Crippen molar-refractivity contribution in [3.05, 3.63) is 0 Å². The van der Waals surface area contributed by atoms with Crippen molar-refractivity contribution >= 4 is 0 Å². The second-order valence-corrected chi connectivity index (χ2v) is 5.48. The van der Waals surface area contributed by atoms with E-state index in [0.29, 0.717) is 12.2 Å². The van der Waals surface area contributed by atoms with Crippen molar-refractivity contribution in [2.45, 2.75) is 57.3 Å². The zero-order chi connectivity index (χ0) is 9.54. The van der Waals surface area contributed by atoms with Gasteiger partial charge in [-0.15, -0.1) is 0 Å². The molecule has 4 aliphatic rings. The van der Waals surface area contributed by atoms with Gasteiger partial charge in [-0.3, -0.25) is 4.90 Å². The number of piperidine rings is 1. The molecule has 3 aliphatic heterocycles. The molecule has 1 aliphatic carbocycles. The summed E-state index contributed by atoms with van der Waals surface area (Å²) in [6.45, 7) is 4.83. The van der Waals surface area contributed by atoms with Gasteiger partial charge in [0.15, 0.2) is 0 Å². The summed E-state index contributed by atoms with van der Waals surface area (Å²) in [6, 6.07) is 0.889. The predicted molar refractivity (Wildman–Crippen MR) is 56.3 cm³/mol. The van der Waals surface area contributed by atoms with Crippen molar-refractivity contribution in [1.82, 2.24) is 4.90 Å². The molecule has 0 aromatic carbocycles. The van der Waals surface area contributed by atoms with E-state index in [9.17, 15) is 0 Å². The zero-order valence-electron chi connectivity index (χ0n) is 9.11. The Morgan fingerprint density at radius 1 is 1.00 bits per heavy atom. The lowest BCUT2D eigenvalue weighted by Gasteiger charge is -2.50. The fraction of sp³-hybridized carbons (Fsp3) is 1.00. The fourth-order valence-corrected chi connectivity index (χ4v) is 3.29. The van der Waals surface area contributed by atoms with Crippen molar-refractivity contribution in [1.29, 1.82) is 0 Å². The molecular weight excluding hydrogens is 174 g/mol. The zero-order valence-corrected chi connectivity index (χ0v) is 9.11. The van der Waals surface area contributed by atoms with Gasteiger partial charge in [0.1, 0.15) is 0 Å². The Kier molecular flexibility index (Phi) is 2.29. The van der Waals surface area contributed by atoms with E-state index in [1.165, 1.54) is 45.2 Å². The Bertz CT molecular complexity index is 194. The van der Waals surface area contributed by atoms with Gasteiger partial charge in [-0.05, 0) is 31.6 Å². The van der Waals surface area contributed by atoms with Crippen LogP contribution in [0.4, 0.5) is 0 Å². The summed E-state index contributed by atoms with van der Waals surface area (Å²) in [6.07, 6.45) is 8.26. The second-order valence-electron chi connectivity index (χ2n) is 5.48. The van der Waals surface area contributed by atoms with Crippen LogP contribution in [-0.2, 0) is 4.74 Å². The van der Waals surface area contributed by atoms with E-state index >= 15 is 0 Å². The van der Waals surface area contributed by atoms with Crippen molar-refractivity contribution in [2.75, 3.05) is 13.1 Å². The van der Waals surface area contributed by atoms with Crippen LogP contribution in [0.5, 0.6) is 0 Å². The SMILES string of the molecule is C[C@H]1CC[C@@H](N2CC3CC(C2)O3)CC1. The minimum absolute atomic E-state index is 0.591. The van der Waals surface area contributed by atoms with Crippen LogP contribution in [0.1, 0.15) is 39.0 Å². The highest BCUT2D eigenvalue weighted by Gasteiger charge is 2.40. The average Bonchev–Trinajstić information content (AvgIpc) is 2.18. The maximum atomic E-state index is 5.68. The van der Waals surface area contributed by atoms with E-state index in [4.69, 9.17) is 4.74 Å². The largest absolute Gasteiger partial charge is 0.372 e. The summed E-state index contributed by atoms with van der Waals surface area (Å²) in [4.78, 5) is 2.70. The third-order valence-electron chi connectivity index (χ3n) is 4.29. The molecule has 0 spiro atoms. The van der Waals surface area contributed by atoms with Crippen LogP contribution in [0, 0.1) is 5.92 Å². The van der Waals surface area contributed by atoms with Gasteiger partial charge in [-0.25, -0.2) is 0 Å². The summed E-state index contributed by atoms with van der Waals surface area (Å²) in [7, 11) is 0. The van der Waals surface area contributed by atoms with E-state index in [0.717, 1.165) is 12.0 Å². The number of ether oxygens (including phenoxy) is 1. The summed E-state index contributed by atoms with van der Waals surface area (Å²) >= 11 is 0. The molecule has 4 fully saturated rings. The molecule has 3 heterocycles. The minimum atomic E-state index is 0.591. The van der Waals surface area contributed by atoms with Gasteiger partial charge in [-0.1, -0.05) is 6.92 Å². The molecule has 0 aromatic rings. The summed E-state index contributed by atoms with van der Waals surface area (Å²) in [5, 5.41) is 0. The minimum Gasteiger partial charge on any atom is -0.372 e. The molecule has 2 bridgehead atoms. The lowest BCUT2D eigenvalue weighted by molar-refractivity contribution is -0.190. The van der Waals surface area contributed by atoms with Gasteiger partial charge in [0.05, 0.1) is 12.2 Å². The van der Waals surface area contributed by atoms with E-state index in [2.05, 4.69) is 11.8 Å². The smallest absolute Gasteiger partial charge is 0.0731 e. The van der Waals surface area contributed by atoms with Crippen LogP contribution in [0.2, 0.25) is 0 Å². The van der Waals surface area contributed by atoms with Crippen molar-refractivity contribution < 1.29 is 4.74 Å². The quantitative estimate of drug-likeness (QED) is 0.635. The van der Waals surface area contributed by atoms with Gasteiger partial charge in [0, 0.05) is 25.6 Å². The molecular formula is C12H21NO. The van der Waals surface area contributed by atoms with E-state index in [1.54, 1.807) is 0 Å². The standard InChI is InChI=1S/C12H21NO/c1-9-2-4-10(5-3-9)13-7-11-6-12(8-13)14-11/h9-12H,2-8H2,1H3/t9-,10+,11?,12?. The molecule has 14 heavy (non-hydrogen) atoms. The number of hydrogen-bond donors (Lipinski definition) is 0. The molecule has 0 N–H and O–H groups in total. The number of fused-ring (bicyclic) bond motifs is 2. The van der Waals surface area contributed by atoms with Crippen molar-refractivity contribution in [3.63, 3.8) is 0 Å². The Morgan fingerprint density at radius 2 is 1.57 bits per heavy atom. The molecule has 80 valence electrons. The van der Waals surface area contributed by atoms with Gasteiger partial charge >= 0.3 is 0 Å². The summed E-state index contributed by atoms with van der Waals surface area (Å²) in [5.74, 6) is 0.974. The predicted octanol–water partition coefficient (Wildman–Crippen LogP) is 2.04. The molecule has 2 atom stereocenters. The fourth-order valence-electron chi connectivity index (χ4n) is 3.29. The lowest BCUT2D eigenvalue weighted by Crippen LogP contribution is -2.60. The first kappa shape index (κ1) is 9.17. The molecule has 2 heteroatoms. The number of rotatable bonds is 1. The molecule has 0 radical (unpaired) electrons. The van der Waals surface area contributed by atoms with E-state index < -0.39 is 0 Å².